The highest BCUT2D eigenvalue weighted by Crippen LogP contribution is 2.21. The third-order valence-electron chi connectivity index (χ3n) is 2.25. The molecule has 0 fully saturated rings. The molecule has 2 heterocycles. The van der Waals surface area contributed by atoms with Gasteiger partial charge < -0.3 is 5.32 Å². The summed E-state index contributed by atoms with van der Waals surface area (Å²) in [5, 5.41) is 4.85. The Bertz CT molecular complexity index is 441. The zero-order chi connectivity index (χ0) is 11.2. The largest absolute Gasteiger partial charge is 0.349 e. The molecule has 1 amide bonds. The van der Waals surface area contributed by atoms with Crippen molar-refractivity contribution in [1.82, 2.24) is 5.32 Å². The van der Waals surface area contributed by atoms with Gasteiger partial charge >= 0.3 is 0 Å². The van der Waals surface area contributed by atoms with Crippen molar-refractivity contribution in [2.45, 2.75) is 6.42 Å². The smallest absolute Gasteiger partial charge is 0.252 e. The van der Waals surface area contributed by atoms with Crippen molar-refractivity contribution < 1.29 is 4.79 Å². The van der Waals surface area contributed by atoms with Gasteiger partial charge in [-0.1, -0.05) is 36.4 Å². The molecule has 82 valence electrons. The summed E-state index contributed by atoms with van der Waals surface area (Å²) in [4.78, 5) is 12.9. The topological polar surface area (TPSA) is 29.1 Å². The van der Waals surface area contributed by atoms with Crippen molar-refractivity contribution in [3.05, 3.63) is 52.8 Å². The molecule has 0 saturated heterocycles. The van der Waals surface area contributed by atoms with Crippen LogP contribution in [0.15, 0.2) is 47.9 Å². The van der Waals surface area contributed by atoms with Gasteiger partial charge in [0.25, 0.3) is 5.91 Å². The lowest BCUT2D eigenvalue weighted by Gasteiger charge is -2.06. The van der Waals surface area contributed by atoms with E-state index in [-0.39, 0.29) is 5.91 Å². The molecule has 2 rings (SSSR count). The van der Waals surface area contributed by atoms with E-state index in [0.29, 0.717) is 6.54 Å². The number of carbonyl (C=O) groups is 1. The van der Waals surface area contributed by atoms with Crippen LogP contribution in [0.1, 0.15) is 11.3 Å². The molecule has 0 radical (unpaired) electrons. The molecule has 1 aromatic heterocycles. The Kier molecular flexibility index (Phi) is 3.72. The van der Waals surface area contributed by atoms with Gasteiger partial charge in [0.1, 0.15) is 0 Å². The van der Waals surface area contributed by atoms with Crippen LogP contribution in [0, 0.1) is 0 Å². The molecule has 0 saturated carbocycles. The lowest BCUT2D eigenvalue weighted by molar-refractivity contribution is -0.115. The Morgan fingerprint density at radius 3 is 2.94 bits per heavy atom. The van der Waals surface area contributed by atoms with Crippen LogP contribution in [-0.4, -0.2) is 12.5 Å². The molecule has 1 N–H and O–H groups in total. The van der Waals surface area contributed by atoms with Gasteiger partial charge in [-0.2, -0.15) is 0 Å². The SMILES string of the molecule is O=C1NC/C=C\C=C/CC=C1c1cccs1. The van der Waals surface area contributed by atoms with Crippen molar-refractivity contribution in [3.63, 3.8) is 0 Å². The highest BCUT2D eigenvalue weighted by atomic mass is 32.1. The highest BCUT2D eigenvalue weighted by molar-refractivity contribution is 7.11. The Hall–Kier alpha value is -1.61. The maximum Gasteiger partial charge on any atom is 0.252 e. The maximum atomic E-state index is 11.9. The average Bonchev–Trinajstić information content (AvgIpc) is 2.80. The van der Waals surface area contributed by atoms with Crippen molar-refractivity contribution >= 4 is 22.8 Å². The van der Waals surface area contributed by atoms with Gasteiger partial charge in [-0.05, 0) is 17.9 Å². The molecule has 0 bridgehead atoms. The van der Waals surface area contributed by atoms with Gasteiger partial charge in [0.2, 0.25) is 0 Å². The molecule has 0 unspecified atom stereocenters. The van der Waals surface area contributed by atoms with E-state index in [1.54, 1.807) is 11.3 Å². The van der Waals surface area contributed by atoms with Crippen LogP contribution in [0.5, 0.6) is 0 Å². The number of allylic oxidation sites excluding steroid dienone is 4. The lowest BCUT2D eigenvalue weighted by atomic mass is 10.1. The monoisotopic (exact) mass is 231 g/mol. The van der Waals surface area contributed by atoms with Crippen LogP contribution >= 0.6 is 11.3 Å². The van der Waals surface area contributed by atoms with E-state index in [0.717, 1.165) is 16.9 Å². The normalized spacial score (nSPS) is 20.8. The third-order valence-corrected chi connectivity index (χ3v) is 3.16. The summed E-state index contributed by atoms with van der Waals surface area (Å²) in [7, 11) is 0. The first-order valence-electron chi connectivity index (χ1n) is 5.22. The lowest BCUT2D eigenvalue weighted by Crippen LogP contribution is -2.24. The van der Waals surface area contributed by atoms with E-state index < -0.39 is 0 Å². The highest BCUT2D eigenvalue weighted by Gasteiger charge is 2.11. The first kappa shape index (κ1) is 10.9. The van der Waals surface area contributed by atoms with Crippen LogP contribution in [-0.2, 0) is 4.79 Å². The van der Waals surface area contributed by atoms with Gasteiger partial charge in [-0.15, -0.1) is 11.3 Å². The van der Waals surface area contributed by atoms with Crippen molar-refractivity contribution in [1.29, 1.82) is 0 Å². The van der Waals surface area contributed by atoms with Gasteiger partial charge in [-0.3, -0.25) is 4.79 Å². The van der Waals surface area contributed by atoms with Crippen molar-refractivity contribution in [2.75, 3.05) is 6.54 Å². The molecule has 0 aromatic carbocycles. The van der Waals surface area contributed by atoms with Gasteiger partial charge in [0.05, 0.1) is 5.57 Å². The molecular weight excluding hydrogens is 218 g/mol. The number of hydrogen-bond acceptors (Lipinski definition) is 2. The minimum absolute atomic E-state index is 0.00222. The zero-order valence-electron chi connectivity index (χ0n) is 8.85. The summed E-state index contributed by atoms with van der Waals surface area (Å²) >= 11 is 1.59. The van der Waals surface area contributed by atoms with Crippen molar-refractivity contribution in [3.8, 4) is 0 Å². The molecule has 1 aromatic rings. The molecule has 2 nitrogen and oxygen atoms in total. The predicted octanol–water partition coefficient (Wildman–Crippen LogP) is 2.76. The van der Waals surface area contributed by atoms with Gasteiger partial charge in [-0.25, -0.2) is 0 Å². The quantitative estimate of drug-likeness (QED) is 0.791. The molecule has 16 heavy (non-hydrogen) atoms. The average molecular weight is 231 g/mol. The molecule has 0 spiro atoms. The molecular formula is C13H13NOS. The molecule has 1 aliphatic rings. The van der Waals surface area contributed by atoms with Crippen LogP contribution < -0.4 is 5.32 Å². The van der Waals surface area contributed by atoms with Crippen LogP contribution in [0.2, 0.25) is 0 Å². The number of carbonyl (C=O) groups excluding carboxylic acids is 1. The number of rotatable bonds is 1. The number of amides is 1. The molecule has 0 atom stereocenters. The second kappa shape index (κ2) is 5.47. The first-order valence-corrected chi connectivity index (χ1v) is 6.10. The number of hydrogen-bond donors (Lipinski definition) is 1. The molecule has 1 aliphatic heterocycles. The van der Waals surface area contributed by atoms with E-state index in [4.69, 9.17) is 0 Å². The Morgan fingerprint density at radius 1 is 1.25 bits per heavy atom. The minimum Gasteiger partial charge on any atom is -0.349 e. The van der Waals surface area contributed by atoms with Gasteiger partial charge in [0.15, 0.2) is 0 Å². The van der Waals surface area contributed by atoms with E-state index in [2.05, 4.69) is 5.32 Å². The Morgan fingerprint density at radius 2 is 2.12 bits per heavy atom. The van der Waals surface area contributed by atoms with Crippen LogP contribution in [0.4, 0.5) is 0 Å². The number of nitrogens with one attached hydrogen (secondary N) is 1. The van der Waals surface area contributed by atoms with Crippen LogP contribution in [0.25, 0.3) is 5.57 Å². The fourth-order valence-corrected chi connectivity index (χ4v) is 2.24. The predicted molar refractivity (Wildman–Crippen MR) is 68.2 cm³/mol. The summed E-state index contributed by atoms with van der Waals surface area (Å²) < 4.78 is 0. The summed E-state index contributed by atoms with van der Waals surface area (Å²) in [5.41, 5.74) is 0.773. The molecule has 3 heteroatoms. The Labute approximate surface area is 99.0 Å². The summed E-state index contributed by atoms with van der Waals surface area (Å²) in [6.07, 6.45) is 10.7. The Balaban J connectivity index is 2.26. The molecule has 0 aliphatic carbocycles. The van der Waals surface area contributed by atoms with E-state index in [9.17, 15) is 4.79 Å². The summed E-state index contributed by atoms with van der Waals surface area (Å²) in [5.74, 6) is 0.00222. The fourth-order valence-electron chi connectivity index (χ4n) is 1.47. The second-order valence-corrected chi connectivity index (χ2v) is 4.34. The van der Waals surface area contributed by atoms with Gasteiger partial charge in [0, 0.05) is 11.4 Å². The fraction of sp³-hybridized carbons (Fsp3) is 0.154. The summed E-state index contributed by atoms with van der Waals surface area (Å²) in [6.45, 7) is 0.575. The van der Waals surface area contributed by atoms with Crippen LogP contribution in [0.3, 0.4) is 0 Å². The summed E-state index contributed by atoms with van der Waals surface area (Å²) in [6, 6.07) is 3.93. The third kappa shape index (κ3) is 2.70. The second-order valence-electron chi connectivity index (χ2n) is 3.40. The minimum atomic E-state index is 0.00222. The zero-order valence-corrected chi connectivity index (χ0v) is 9.67. The first-order chi connectivity index (χ1) is 7.88. The van der Waals surface area contributed by atoms with E-state index in [1.165, 1.54) is 0 Å². The van der Waals surface area contributed by atoms with Crippen molar-refractivity contribution in [2.24, 2.45) is 0 Å². The van der Waals surface area contributed by atoms with E-state index >= 15 is 0 Å². The standard InChI is InChI=1S/C13H13NOS/c15-13-11(12-8-6-10-16-12)7-4-2-1-3-5-9-14-13/h1-3,5-8,10H,4,9H2,(H,14,15)/b2-1-,5-3-,11-7?. The van der Waals surface area contributed by atoms with E-state index in [1.807, 2.05) is 47.9 Å². The number of thiophene rings is 1. The maximum absolute atomic E-state index is 11.9.